The summed E-state index contributed by atoms with van der Waals surface area (Å²) in [5.74, 6) is -1.42. The fraction of sp³-hybridized carbons (Fsp3) is 0.667. The molecule has 0 rings (SSSR count). The number of hydrogen-bond donors (Lipinski definition) is 0. The van der Waals surface area contributed by atoms with Crippen molar-refractivity contribution in [3.05, 3.63) is 0 Å². The minimum Gasteiger partial charge on any atom is -0.460 e. The van der Waals surface area contributed by atoms with Crippen molar-refractivity contribution in [3.8, 4) is 12.1 Å². The van der Waals surface area contributed by atoms with Crippen LogP contribution in [-0.4, -0.2) is 11.6 Å². The van der Waals surface area contributed by atoms with Gasteiger partial charge in [-0.1, -0.05) is 0 Å². The molecular weight excluding hydrogens is 168 g/mol. The third-order valence-electron chi connectivity index (χ3n) is 1.10. The molecule has 0 aliphatic heterocycles. The van der Waals surface area contributed by atoms with Crippen molar-refractivity contribution in [1.82, 2.24) is 0 Å². The molecule has 13 heavy (non-hydrogen) atoms. The van der Waals surface area contributed by atoms with Gasteiger partial charge in [0.2, 0.25) is 0 Å². The third-order valence-corrected chi connectivity index (χ3v) is 1.10. The summed E-state index contributed by atoms with van der Waals surface area (Å²) in [6.07, 6.45) is -0.162. The number of ether oxygens (including phenoxy) is 1. The molecule has 70 valence electrons. The molecule has 0 aromatic heterocycles. The molecule has 0 aliphatic rings. The predicted octanol–water partition coefficient (Wildman–Crippen LogP) is 1.38. The Balaban J connectivity index is 4.05. The van der Waals surface area contributed by atoms with E-state index in [0.717, 1.165) is 0 Å². The van der Waals surface area contributed by atoms with Gasteiger partial charge in [-0.25, -0.2) is 0 Å². The normalized spacial score (nSPS) is 10.3. The summed E-state index contributed by atoms with van der Waals surface area (Å²) in [6, 6.07) is 3.41. The molecule has 0 aromatic rings. The fourth-order valence-electron chi connectivity index (χ4n) is 0.670. The standard InChI is InChI=1S/C9H12N2O2/c1-9(2,3)13-8(12)4-7(5-10)6-11/h7H,4H2,1-3H3. The second-order valence-electron chi connectivity index (χ2n) is 3.60. The molecule has 4 nitrogen and oxygen atoms in total. The van der Waals surface area contributed by atoms with E-state index in [1.54, 1.807) is 32.9 Å². The Hall–Kier alpha value is -1.55. The lowest BCUT2D eigenvalue weighted by atomic mass is 10.1. The maximum absolute atomic E-state index is 11.1. The quantitative estimate of drug-likeness (QED) is 0.601. The second-order valence-corrected chi connectivity index (χ2v) is 3.60. The van der Waals surface area contributed by atoms with Gasteiger partial charge in [0.1, 0.15) is 11.5 Å². The summed E-state index contributed by atoms with van der Waals surface area (Å²) in [5.41, 5.74) is -0.563. The predicted molar refractivity (Wildman–Crippen MR) is 45.2 cm³/mol. The van der Waals surface area contributed by atoms with Gasteiger partial charge in [-0.3, -0.25) is 4.79 Å². The van der Waals surface area contributed by atoms with Crippen molar-refractivity contribution in [1.29, 1.82) is 10.5 Å². The minimum absolute atomic E-state index is 0.162. The first-order valence-electron chi connectivity index (χ1n) is 3.90. The number of rotatable bonds is 2. The van der Waals surface area contributed by atoms with Crippen molar-refractivity contribution in [2.24, 2.45) is 5.92 Å². The second kappa shape index (κ2) is 4.47. The molecule has 0 radical (unpaired) electrons. The van der Waals surface area contributed by atoms with Gasteiger partial charge < -0.3 is 4.74 Å². The van der Waals surface area contributed by atoms with Crippen molar-refractivity contribution in [2.45, 2.75) is 32.8 Å². The van der Waals surface area contributed by atoms with Crippen LogP contribution >= 0.6 is 0 Å². The molecule has 0 saturated carbocycles. The van der Waals surface area contributed by atoms with Crippen LogP contribution in [0.2, 0.25) is 0 Å². The molecule has 0 aliphatic carbocycles. The highest BCUT2D eigenvalue weighted by molar-refractivity contribution is 5.71. The SMILES string of the molecule is CC(C)(C)OC(=O)CC(C#N)C#N. The summed E-state index contributed by atoms with van der Waals surface area (Å²) in [6.45, 7) is 5.20. The van der Waals surface area contributed by atoms with E-state index in [1.807, 2.05) is 0 Å². The zero-order chi connectivity index (χ0) is 10.5. The largest absolute Gasteiger partial charge is 0.460 e. The molecule has 0 heterocycles. The molecule has 0 fully saturated rings. The smallest absolute Gasteiger partial charge is 0.308 e. The lowest BCUT2D eigenvalue weighted by Gasteiger charge is -2.19. The van der Waals surface area contributed by atoms with E-state index >= 15 is 0 Å². The summed E-state index contributed by atoms with van der Waals surface area (Å²) in [5, 5.41) is 16.8. The Morgan fingerprint density at radius 3 is 2.15 bits per heavy atom. The van der Waals surface area contributed by atoms with Gasteiger partial charge in [0.25, 0.3) is 0 Å². The van der Waals surface area contributed by atoms with Crippen LogP contribution in [0.5, 0.6) is 0 Å². The summed E-state index contributed by atoms with van der Waals surface area (Å²) < 4.78 is 4.93. The van der Waals surface area contributed by atoms with Crippen LogP contribution in [0.4, 0.5) is 0 Å². The van der Waals surface area contributed by atoms with E-state index in [9.17, 15) is 4.79 Å². The van der Waals surface area contributed by atoms with Crippen molar-refractivity contribution < 1.29 is 9.53 Å². The maximum atomic E-state index is 11.1. The molecule has 0 saturated heterocycles. The average Bonchev–Trinajstić information content (AvgIpc) is 1.96. The molecule has 4 heteroatoms. The van der Waals surface area contributed by atoms with E-state index in [-0.39, 0.29) is 6.42 Å². The minimum atomic E-state index is -0.908. The molecule has 0 amide bonds. The Kier molecular flexibility index (Phi) is 3.94. The van der Waals surface area contributed by atoms with E-state index in [1.165, 1.54) is 0 Å². The van der Waals surface area contributed by atoms with Gasteiger partial charge in [0.05, 0.1) is 18.6 Å². The van der Waals surface area contributed by atoms with Crippen LogP contribution in [0.1, 0.15) is 27.2 Å². The molecule has 0 spiro atoms. The van der Waals surface area contributed by atoms with Gasteiger partial charge in [0.15, 0.2) is 0 Å². The number of nitrogens with zero attached hydrogens (tertiary/aromatic N) is 2. The lowest BCUT2D eigenvalue weighted by Crippen LogP contribution is -2.24. The summed E-state index contributed by atoms with van der Waals surface area (Å²) >= 11 is 0. The Morgan fingerprint density at radius 2 is 1.85 bits per heavy atom. The molecule has 0 atom stereocenters. The lowest BCUT2D eigenvalue weighted by molar-refractivity contribution is -0.155. The van der Waals surface area contributed by atoms with Crippen molar-refractivity contribution >= 4 is 5.97 Å². The van der Waals surface area contributed by atoms with Crippen LogP contribution in [0.3, 0.4) is 0 Å². The van der Waals surface area contributed by atoms with Gasteiger partial charge in [0, 0.05) is 0 Å². The number of carbonyl (C=O) groups excluding carboxylic acids is 1. The summed E-state index contributed by atoms with van der Waals surface area (Å²) in [7, 11) is 0. The average molecular weight is 180 g/mol. The van der Waals surface area contributed by atoms with Gasteiger partial charge in [-0.05, 0) is 20.8 Å². The number of esters is 1. The molecule has 0 unspecified atom stereocenters. The third kappa shape index (κ3) is 5.69. The van der Waals surface area contributed by atoms with E-state index in [2.05, 4.69) is 0 Å². The first-order valence-corrected chi connectivity index (χ1v) is 3.90. The van der Waals surface area contributed by atoms with Crippen LogP contribution < -0.4 is 0 Å². The number of carbonyl (C=O) groups is 1. The highest BCUT2D eigenvalue weighted by atomic mass is 16.6. The first kappa shape index (κ1) is 11.4. The number of nitriles is 2. The topological polar surface area (TPSA) is 73.9 Å². The fourth-order valence-corrected chi connectivity index (χ4v) is 0.670. The molecule has 0 aromatic carbocycles. The van der Waals surface area contributed by atoms with Gasteiger partial charge in [-0.15, -0.1) is 0 Å². The molecule has 0 N–H and O–H groups in total. The van der Waals surface area contributed by atoms with Crippen molar-refractivity contribution in [2.75, 3.05) is 0 Å². The van der Waals surface area contributed by atoms with Crippen LogP contribution in [0.15, 0.2) is 0 Å². The van der Waals surface area contributed by atoms with E-state index < -0.39 is 17.5 Å². The van der Waals surface area contributed by atoms with Gasteiger partial charge >= 0.3 is 5.97 Å². The highest BCUT2D eigenvalue weighted by Crippen LogP contribution is 2.10. The zero-order valence-corrected chi connectivity index (χ0v) is 8.00. The Labute approximate surface area is 77.7 Å². The molecule has 0 bridgehead atoms. The van der Waals surface area contributed by atoms with E-state index in [4.69, 9.17) is 15.3 Å². The van der Waals surface area contributed by atoms with Crippen LogP contribution in [0.25, 0.3) is 0 Å². The monoisotopic (exact) mass is 180 g/mol. The van der Waals surface area contributed by atoms with Crippen molar-refractivity contribution in [3.63, 3.8) is 0 Å². The maximum Gasteiger partial charge on any atom is 0.308 e. The Bertz CT molecular complexity index is 251. The molecular formula is C9H12N2O2. The summed E-state index contributed by atoms with van der Waals surface area (Å²) in [4.78, 5) is 11.1. The zero-order valence-electron chi connectivity index (χ0n) is 8.00. The van der Waals surface area contributed by atoms with Crippen LogP contribution in [-0.2, 0) is 9.53 Å². The van der Waals surface area contributed by atoms with Gasteiger partial charge in [-0.2, -0.15) is 10.5 Å². The first-order chi connectivity index (χ1) is 5.89. The Morgan fingerprint density at radius 1 is 1.38 bits per heavy atom. The highest BCUT2D eigenvalue weighted by Gasteiger charge is 2.19. The number of hydrogen-bond acceptors (Lipinski definition) is 4. The van der Waals surface area contributed by atoms with E-state index in [0.29, 0.717) is 0 Å². The van der Waals surface area contributed by atoms with Crippen LogP contribution in [0, 0.1) is 28.6 Å².